The molecule has 8 heteroatoms. The number of amides is 1. The van der Waals surface area contributed by atoms with E-state index in [0.717, 1.165) is 47.9 Å². The lowest BCUT2D eigenvalue weighted by atomic mass is 10.2. The van der Waals surface area contributed by atoms with Gasteiger partial charge in [-0.05, 0) is 25.0 Å². The molecule has 1 amide bonds. The number of anilines is 1. The van der Waals surface area contributed by atoms with Crippen molar-refractivity contribution in [2.24, 2.45) is 7.05 Å². The SMILES string of the molecule is Cn1c(SCC(=O)N2CCN(c3ccccc3Cl)CC2)nnc1C1CC1. The third-order valence-corrected chi connectivity index (χ3v) is 6.29. The highest BCUT2D eigenvalue weighted by Crippen LogP contribution is 2.39. The molecule has 1 aliphatic heterocycles. The zero-order chi connectivity index (χ0) is 18.1. The summed E-state index contributed by atoms with van der Waals surface area (Å²) in [4.78, 5) is 16.7. The molecule has 0 unspecified atom stereocenters. The number of carbonyl (C=O) groups excluding carboxylic acids is 1. The van der Waals surface area contributed by atoms with E-state index in [1.54, 1.807) is 0 Å². The molecular formula is C18H22ClN5OS. The number of hydrogen-bond donors (Lipinski definition) is 0. The Labute approximate surface area is 162 Å². The molecule has 1 saturated heterocycles. The van der Waals surface area contributed by atoms with Crippen molar-refractivity contribution in [3.8, 4) is 0 Å². The van der Waals surface area contributed by atoms with Crippen molar-refractivity contribution in [1.82, 2.24) is 19.7 Å². The number of hydrogen-bond acceptors (Lipinski definition) is 5. The van der Waals surface area contributed by atoms with Gasteiger partial charge in [0.1, 0.15) is 5.82 Å². The Bertz CT molecular complexity index is 799. The Morgan fingerprint density at radius 3 is 2.62 bits per heavy atom. The largest absolute Gasteiger partial charge is 0.367 e. The summed E-state index contributed by atoms with van der Waals surface area (Å²) in [6.45, 7) is 3.04. The highest BCUT2D eigenvalue weighted by atomic mass is 35.5. The van der Waals surface area contributed by atoms with E-state index < -0.39 is 0 Å². The van der Waals surface area contributed by atoms with E-state index in [-0.39, 0.29) is 5.91 Å². The van der Waals surface area contributed by atoms with E-state index >= 15 is 0 Å². The fourth-order valence-corrected chi connectivity index (χ4v) is 4.35. The van der Waals surface area contributed by atoms with Gasteiger partial charge in [-0.1, -0.05) is 35.5 Å². The van der Waals surface area contributed by atoms with Gasteiger partial charge in [-0.3, -0.25) is 4.79 Å². The molecule has 2 aliphatic rings. The first kappa shape index (κ1) is 17.7. The molecule has 0 N–H and O–H groups in total. The Kier molecular flexibility index (Phi) is 5.09. The fraction of sp³-hybridized carbons (Fsp3) is 0.500. The second kappa shape index (κ2) is 7.48. The van der Waals surface area contributed by atoms with Crippen molar-refractivity contribution >= 4 is 35.0 Å². The van der Waals surface area contributed by atoms with Gasteiger partial charge < -0.3 is 14.4 Å². The summed E-state index contributed by atoms with van der Waals surface area (Å²) in [5, 5.41) is 10.1. The van der Waals surface area contributed by atoms with Crippen LogP contribution in [0.15, 0.2) is 29.4 Å². The average Bonchev–Trinajstić information content (AvgIpc) is 3.44. The van der Waals surface area contributed by atoms with Crippen LogP contribution in [0.25, 0.3) is 0 Å². The maximum absolute atomic E-state index is 12.5. The molecule has 0 bridgehead atoms. The predicted molar refractivity (Wildman–Crippen MR) is 104 cm³/mol. The molecule has 0 atom stereocenters. The number of piperazine rings is 1. The molecule has 4 rings (SSSR count). The van der Waals surface area contributed by atoms with Gasteiger partial charge in [0.25, 0.3) is 0 Å². The second-order valence-electron chi connectivity index (χ2n) is 6.78. The van der Waals surface area contributed by atoms with E-state index in [2.05, 4.69) is 15.1 Å². The lowest BCUT2D eigenvalue weighted by molar-refractivity contribution is -0.128. The summed E-state index contributed by atoms with van der Waals surface area (Å²) >= 11 is 7.75. The van der Waals surface area contributed by atoms with Crippen molar-refractivity contribution in [3.05, 3.63) is 35.1 Å². The lowest BCUT2D eigenvalue weighted by Crippen LogP contribution is -2.49. The summed E-state index contributed by atoms with van der Waals surface area (Å²) < 4.78 is 2.03. The Morgan fingerprint density at radius 1 is 1.19 bits per heavy atom. The van der Waals surface area contributed by atoms with Crippen LogP contribution >= 0.6 is 23.4 Å². The summed E-state index contributed by atoms with van der Waals surface area (Å²) in [7, 11) is 1.99. The predicted octanol–water partition coefficient (Wildman–Crippen LogP) is 2.79. The monoisotopic (exact) mass is 391 g/mol. The highest BCUT2D eigenvalue weighted by molar-refractivity contribution is 7.99. The van der Waals surface area contributed by atoms with Gasteiger partial charge in [0.15, 0.2) is 5.16 Å². The number of para-hydroxylation sites is 1. The maximum Gasteiger partial charge on any atom is 0.233 e. The van der Waals surface area contributed by atoms with E-state index in [1.807, 2.05) is 40.8 Å². The summed E-state index contributed by atoms with van der Waals surface area (Å²) in [5.74, 6) is 2.18. The molecular weight excluding hydrogens is 370 g/mol. The number of aromatic nitrogens is 3. The van der Waals surface area contributed by atoms with Crippen LogP contribution in [0.1, 0.15) is 24.6 Å². The molecule has 1 saturated carbocycles. The first-order valence-electron chi connectivity index (χ1n) is 8.93. The van der Waals surface area contributed by atoms with Crippen LogP contribution in [0, 0.1) is 0 Å². The van der Waals surface area contributed by atoms with Gasteiger partial charge >= 0.3 is 0 Å². The van der Waals surface area contributed by atoms with Gasteiger partial charge in [-0.25, -0.2) is 0 Å². The number of carbonyl (C=O) groups is 1. The number of benzene rings is 1. The van der Waals surface area contributed by atoms with Gasteiger partial charge in [0, 0.05) is 39.1 Å². The third-order valence-electron chi connectivity index (χ3n) is 4.96. The minimum Gasteiger partial charge on any atom is -0.367 e. The van der Waals surface area contributed by atoms with Crippen LogP contribution < -0.4 is 4.90 Å². The zero-order valence-corrected chi connectivity index (χ0v) is 16.3. The van der Waals surface area contributed by atoms with Crippen molar-refractivity contribution in [2.75, 3.05) is 36.8 Å². The molecule has 1 aliphatic carbocycles. The first-order chi connectivity index (χ1) is 12.6. The maximum atomic E-state index is 12.5. The lowest BCUT2D eigenvalue weighted by Gasteiger charge is -2.36. The summed E-state index contributed by atoms with van der Waals surface area (Å²) in [6, 6.07) is 7.86. The Balaban J connectivity index is 1.29. The van der Waals surface area contributed by atoms with Crippen molar-refractivity contribution in [1.29, 1.82) is 0 Å². The minimum atomic E-state index is 0.157. The van der Waals surface area contributed by atoms with Gasteiger partial charge in [-0.2, -0.15) is 0 Å². The van der Waals surface area contributed by atoms with Crippen LogP contribution in [0.2, 0.25) is 5.02 Å². The third kappa shape index (κ3) is 3.69. The van der Waals surface area contributed by atoms with E-state index in [0.29, 0.717) is 11.7 Å². The quantitative estimate of drug-likeness (QED) is 0.733. The van der Waals surface area contributed by atoms with E-state index in [9.17, 15) is 4.79 Å². The van der Waals surface area contributed by atoms with Crippen molar-refractivity contribution in [3.63, 3.8) is 0 Å². The molecule has 138 valence electrons. The molecule has 0 spiro atoms. The smallest absolute Gasteiger partial charge is 0.233 e. The van der Waals surface area contributed by atoms with Crippen LogP contribution in [0.3, 0.4) is 0 Å². The number of thioether (sulfide) groups is 1. The van der Waals surface area contributed by atoms with Gasteiger partial charge in [-0.15, -0.1) is 10.2 Å². The molecule has 2 fully saturated rings. The molecule has 26 heavy (non-hydrogen) atoms. The van der Waals surface area contributed by atoms with E-state index in [1.165, 1.54) is 24.6 Å². The molecule has 6 nitrogen and oxygen atoms in total. The topological polar surface area (TPSA) is 54.3 Å². The van der Waals surface area contributed by atoms with Gasteiger partial charge in [0.05, 0.1) is 16.5 Å². The number of halogens is 1. The molecule has 1 aromatic heterocycles. The zero-order valence-electron chi connectivity index (χ0n) is 14.8. The highest BCUT2D eigenvalue weighted by Gasteiger charge is 2.29. The van der Waals surface area contributed by atoms with E-state index in [4.69, 9.17) is 11.6 Å². The van der Waals surface area contributed by atoms with Crippen molar-refractivity contribution in [2.45, 2.75) is 23.9 Å². The second-order valence-corrected chi connectivity index (χ2v) is 8.13. The Morgan fingerprint density at radius 2 is 1.92 bits per heavy atom. The summed E-state index contributed by atoms with van der Waals surface area (Å²) in [6.07, 6.45) is 2.40. The first-order valence-corrected chi connectivity index (χ1v) is 10.3. The summed E-state index contributed by atoms with van der Waals surface area (Å²) in [5.41, 5.74) is 1.04. The average molecular weight is 392 g/mol. The van der Waals surface area contributed by atoms with Crippen LogP contribution in [-0.4, -0.2) is 57.5 Å². The van der Waals surface area contributed by atoms with Crippen LogP contribution in [0.4, 0.5) is 5.69 Å². The van der Waals surface area contributed by atoms with Crippen LogP contribution in [-0.2, 0) is 11.8 Å². The normalized spacial score (nSPS) is 17.6. The number of rotatable bonds is 5. The minimum absolute atomic E-state index is 0.157. The fourth-order valence-electron chi connectivity index (χ4n) is 3.27. The molecule has 2 heterocycles. The Hall–Kier alpha value is -1.73. The van der Waals surface area contributed by atoms with Crippen molar-refractivity contribution < 1.29 is 4.79 Å². The molecule has 2 aromatic rings. The standard InChI is InChI=1S/C18H22ClN5OS/c1-22-17(13-6-7-13)20-21-18(22)26-12-16(25)24-10-8-23(9-11-24)15-5-3-2-4-14(15)19/h2-5,13H,6-12H2,1H3. The molecule has 0 radical (unpaired) electrons. The number of nitrogens with zero attached hydrogens (tertiary/aromatic N) is 5. The van der Waals surface area contributed by atoms with Gasteiger partial charge in [0.2, 0.25) is 5.91 Å². The molecule has 1 aromatic carbocycles. The van der Waals surface area contributed by atoms with Crippen LogP contribution in [0.5, 0.6) is 0 Å².